The Bertz CT molecular complexity index is 727. The van der Waals surface area contributed by atoms with Crippen LogP contribution in [0.15, 0.2) is 23.6 Å². The molecule has 6 nitrogen and oxygen atoms in total. The highest BCUT2D eigenvalue weighted by Gasteiger charge is 2.11. The van der Waals surface area contributed by atoms with Gasteiger partial charge >= 0.3 is 5.97 Å². The molecule has 0 bridgehead atoms. The van der Waals surface area contributed by atoms with Crippen molar-refractivity contribution in [2.75, 3.05) is 18.5 Å². The molecule has 1 aromatic carbocycles. The number of benzene rings is 1. The van der Waals surface area contributed by atoms with Crippen LogP contribution in [0.25, 0.3) is 0 Å². The van der Waals surface area contributed by atoms with E-state index in [1.807, 2.05) is 32.0 Å². The van der Waals surface area contributed by atoms with E-state index in [1.54, 1.807) is 12.3 Å². The number of ether oxygens (including phenoxy) is 2. The normalized spacial score (nSPS) is 10.3. The summed E-state index contributed by atoms with van der Waals surface area (Å²) >= 11 is 1.26. The average Bonchev–Trinajstić information content (AvgIpc) is 2.93. The quantitative estimate of drug-likeness (QED) is 0.779. The lowest BCUT2D eigenvalue weighted by atomic mass is 10.1. The minimum Gasteiger partial charge on any atom is -0.483 e. The molecule has 0 saturated carbocycles. The summed E-state index contributed by atoms with van der Waals surface area (Å²) in [5.41, 5.74) is 2.69. The summed E-state index contributed by atoms with van der Waals surface area (Å²) in [6.45, 7) is 5.92. The largest absolute Gasteiger partial charge is 0.483 e. The second-order valence-corrected chi connectivity index (χ2v) is 6.09. The third kappa shape index (κ3) is 5.34. The predicted octanol–water partition coefficient (Wildman–Crippen LogP) is 2.88. The van der Waals surface area contributed by atoms with Gasteiger partial charge in [0.05, 0.1) is 18.7 Å². The Kier molecular flexibility index (Phi) is 6.31. The molecule has 2 aromatic rings. The van der Waals surface area contributed by atoms with Crippen LogP contribution in [-0.4, -0.2) is 30.1 Å². The summed E-state index contributed by atoms with van der Waals surface area (Å²) in [6.07, 6.45) is 0.0965. The SMILES string of the molecule is CCOC(=O)Cc1csc(NC(=O)COc2ccc(C)cc2C)n1. The molecule has 0 radical (unpaired) electrons. The monoisotopic (exact) mass is 348 g/mol. The van der Waals surface area contributed by atoms with Crippen molar-refractivity contribution in [2.45, 2.75) is 27.2 Å². The first kappa shape index (κ1) is 17.9. The number of aryl methyl sites for hydroxylation is 2. The van der Waals surface area contributed by atoms with Crippen molar-refractivity contribution in [1.82, 2.24) is 4.98 Å². The molecular weight excluding hydrogens is 328 g/mol. The van der Waals surface area contributed by atoms with Gasteiger partial charge in [0.25, 0.3) is 5.91 Å². The van der Waals surface area contributed by atoms with E-state index in [4.69, 9.17) is 9.47 Å². The highest BCUT2D eigenvalue weighted by molar-refractivity contribution is 7.13. The molecule has 1 amide bonds. The summed E-state index contributed by atoms with van der Waals surface area (Å²) in [6, 6.07) is 5.78. The average molecular weight is 348 g/mol. The van der Waals surface area contributed by atoms with Crippen molar-refractivity contribution in [2.24, 2.45) is 0 Å². The number of nitrogens with zero attached hydrogens (tertiary/aromatic N) is 1. The van der Waals surface area contributed by atoms with E-state index in [1.165, 1.54) is 11.3 Å². The molecule has 0 aliphatic carbocycles. The summed E-state index contributed by atoms with van der Waals surface area (Å²) < 4.78 is 10.4. The van der Waals surface area contributed by atoms with Crippen molar-refractivity contribution in [3.63, 3.8) is 0 Å². The van der Waals surface area contributed by atoms with Crippen LogP contribution < -0.4 is 10.1 Å². The van der Waals surface area contributed by atoms with Gasteiger partial charge in [0.15, 0.2) is 11.7 Å². The van der Waals surface area contributed by atoms with Gasteiger partial charge in [-0.25, -0.2) is 4.98 Å². The van der Waals surface area contributed by atoms with E-state index < -0.39 is 0 Å². The molecule has 128 valence electrons. The first-order valence-corrected chi connectivity index (χ1v) is 8.46. The van der Waals surface area contributed by atoms with Gasteiger partial charge in [-0.2, -0.15) is 0 Å². The van der Waals surface area contributed by atoms with E-state index in [9.17, 15) is 9.59 Å². The van der Waals surface area contributed by atoms with Gasteiger partial charge in [0.1, 0.15) is 5.75 Å². The number of hydrogen-bond acceptors (Lipinski definition) is 6. The van der Waals surface area contributed by atoms with Crippen LogP contribution in [0.2, 0.25) is 0 Å². The molecule has 1 heterocycles. The standard InChI is InChI=1S/C17H20N2O4S/c1-4-22-16(21)8-13-10-24-17(18-13)19-15(20)9-23-14-6-5-11(2)7-12(14)3/h5-7,10H,4,8-9H2,1-3H3,(H,18,19,20). The summed E-state index contributed by atoms with van der Waals surface area (Å²) in [5, 5.41) is 4.81. The van der Waals surface area contributed by atoms with Crippen molar-refractivity contribution < 1.29 is 19.1 Å². The zero-order valence-corrected chi connectivity index (χ0v) is 14.7. The molecule has 0 fully saturated rings. The second-order valence-electron chi connectivity index (χ2n) is 5.23. The van der Waals surface area contributed by atoms with Gasteiger partial charge < -0.3 is 9.47 Å². The van der Waals surface area contributed by atoms with Gasteiger partial charge in [0, 0.05) is 5.38 Å². The van der Waals surface area contributed by atoms with Crippen molar-refractivity contribution in [3.05, 3.63) is 40.4 Å². The second kappa shape index (κ2) is 8.44. The summed E-state index contributed by atoms with van der Waals surface area (Å²) in [5.74, 6) is 0.0451. The topological polar surface area (TPSA) is 77.5 Å². The number of carbonyl (C=O) groups excluding carboxylic acids is 2. The van der Waals surface area contributed by atoms with E-state index in [-0.39, 0.29) is 24.9 Å². The Hall–Kier alpha value is -2.41. The molecule has 0 aliphatic heterocycles. The van der Waals surface area contributed by atoms with Crippen LogP contribution in [0.1, 0.15) is 23.7 Å². The van der Waals surface area contributed by atoms with Gasteiger partial charge in [-0.05, 0) is 32.4 Å². The Labute approximate surface area is 144 Å². The van der Waals surface area contributed by atoms with Crippen molar-refractivity contribution >= 4 is 28.3 Å². The van der Waals surface area contributed by atoms with E-state index in [0.29, 0.717) is 23.2 Å². The van der Waals surface area contributed by atoms with Crippen molar-refractivity contribution in [1.29, 1.82) is 0 Å². The molecule has 1 N–H and O–H groups in total. The van der Waals surface area contributed by atoms with E-state index in [0.717, 1.165) is 11.1 Å². The predicted molar refractivity (Wildman–Crippen MR) is 92.5 cm³/mol. The van der Waals surface area contributed by atoms with Gasteiger partial charge in [0.2, 0.25) is 0 Å². The number of amides is 1. The molecule has 0 spiro atoms. The van der Waals surface area contributed by atoms with E-state index >= 15 is 0 Å². The highest BCUT2D eigenvalue weighted by Crippen LogP contribution is 2.19. The lowest BCUT2D eigenvalue weighted by Crippen LogP contribution is -2.20. The Morgan fingerprint density at radius 3 is 2.79 bits per heavy atom. The zero-order valence-electron chi connectivity index (χ0n) is 13.9. The maximum absolute atomic E-state index is 11.9. The number of esters is 1. The van der Waals surface area contributed by atoms with Crippen LogP contribution in [0.5, 0.6) is 5.75 Å². The molecule has 0 saturated heterocycles. The molecular formula is C17H20N2O4S. The molecule has 1 aromatic heterocycles. The zero-order chi connectivity index (χ0) is 17.5. The minimum atomic E-state index is -0.334. The maximum Gasteiger partial charge on any atom is 0.311 e. The lowest BCUT2D eigenvalue weighted by Gasteiger charge is -2.09. The molecule has 0 unspecified atom stereocenters. The Morgan fingerprint density at radius 1 is 1.29 bits per heavy atom. The summed E-state index contributed by atoms with van der Waals surface area (Å²) in [4.78, 5) is 27.5. The lowest BCUT2D eigenvalue weighted by molar-refractivity contribution is -0.142. The number of hydrogen-bond donors (Lipinski definition) is 1. The van der Waals surface area contributed by atoms with Crippen LogP contribution >= 0.6 is 11.3 Å². The fourth-order valence-electron chi connectivity index (χ4n) is 2.07. The molecule has 7 heteroatoms. The maximum atomic E-state index is 11.9. The Morgan fingerprint density at radius 2 is 2.08 bits per heavy atom. The van der Waals surface area contributed by atoms with Crippen LogP contribution in [0.3, 0.4) is 0 Å². The van der Waals surface area contributed by atoms with E-state index in [2.05, 4.69) is 10.3 Å². The number of thiazole rings is 1. The van der Waals surface area contributed by atoms with Crippen molar-refractivity contribution in [3.8, 4) is 5.75 Å². The van der Waals surface area contributed by atoms with Gasteiger partial charge in [-0.15, -0.1) is 11.3 Å². The smallest absolute Gasteiger partial charge is 0.311 e. The van der Waals surface area contributed by atoms with Gasteiger partial charge in [-0.3, -0.25) is 14.9 Å². The third-order valence-electron chi connectivity index (χ3n) is 3.12. The summed E-state index contributed by atoms with van der Waals surface area (Å²) in [7, 11) is 0. The minimum absolute atomic E-state index is 0.0965. The molecule has 0 aliphatic rings. The highest BCUT2D eigenvalue weighted by atomic mass is 32.1. The third-order valence-corrected chi connectivity index (χ3v) is 3.92. The van der Waals surface area contributed by atoms with Crippen LogP contribution in [0, 0.1) is 13.8 Å². The van der Waals surface area contributed by atoms with Crippen LogP contribution in [0.4, 0.5) is 5.13 Å². The first-order chi connectivity index (χ1) is 11.5. The number of carbonyl (C=O) groups is 2. The fraction of sp³-hybridized carbons (Fsp3) is 0.353. The molecule has 2 rings (SSSR count). The first-order valence-electron chi connectivity index (χ1n) is 7.58. The fourth-order valence-corrected chi connectivity index (χ4v) is 2.79. The number of anilines is 1. The number of rotatable bonds is 7. The number of aromatic nitrogens is 1. The number of nitrogens with one attached hydrogen (secondary N) is 1. The Balaban J connectivity index is 1.84. The molecule has 24 heavy (non-hydrogen) atoms. The molecule has 0 atom stereocenters. The van der Waals surface area contributed by atoms with Gasteiger partial charge in [-0.1, -0.05) is 17.7 Å². The van der Waals surface area contributed by atoms with Crippen LogP contribution in [-0.2, 0) is 20.7 Å².